The third kappa shape index (κ3) is 2.47. The summed E-state index contributed by atoms with van der Waals surface area (Å²) in [6.07, 6.45) is 1.92. The van der Waals surface area contributed by atoms with Crippen molar-refractivity contribution in [3.05, 3.63) is 0 Å². The predicted octanol–water partition coefficient (Wildman–Crippen LogP) is 1.86. The molecule has 72 valence electrons. The average Bonchev–Trinajstić information content (AvgIpc) is 1.83. The van der Waals surface area contributed by atoms with Crippen molar-refractivity contribution in [1.82, 2.24) is 0 Å². The first-order chi connectivity index (χ1) is 5.31. The minimum absolute atomic E-state index is 0.146. The summed E-state index contributed by atoms with van der Waals surface area (Å²) in [6, 6.07) is 0. The smallest absolute Gasteiger partial charge is 0.150 e. The van der Waals surface area contributed by atoms with Gasteiger partial charge in [-0.05, 0) is 24.2 Å². The van der Waals surface area contributed by atoms with E-state index in [1.165, 1.54) is 0 Å². The van der Waals surface area contributed by atoms with E-state index in [0.717, 1.165) is 12.8 Å². The lowest BCUT2D eigenvalue weighted by Gasteiger charge is -2.33. The van der Waals surface area contributed by atoms with Crippen LogP contribution in [0.3, 0.4) is 0 Å². The van der Waals surface area contributed by atoms with Gasteiger partial charge in [0.1, 0.15) is 0 Å². The molecule has 1 saturated heterocycles. The van der Waals surface area contributed by atoms with Crippen molar-refractivity contribution in [3.8, 4) is 0 Å². The summed E-state index contributed by atoms with van der Waals surface area (Å²) in [5, 5.41) is 0. The lowest BCUT2D eigenvalue weighted by Crippen LogP contribution is -2.33. The van der Waals surface area contributed by atoms with E-state index in [0.29, 0.717) is 17.4 Å². The summed E-state index contributed by atoms with van der Waals surface area (Å²) in [5.74, 6) is 1.16. The molecular formula is C9H18O2S. The van der Waals surface area contributed by atoms with Crippen LogP contribution in [-0.2, 0) is 9.84 Å². The molecule has 1 heterocycles. The van der Waals surface area contributed by atoms with E-state index in [4.69, 9.17) is 0 Å². The van der Waals surface area contributed by atoms with Crippen molar-refractivity contribution in [3.63, 3.8) is 0 Å². The van der Waals surface area contributed by atoms with Crippen molar-refractivity contribution < 1.29 is 8.42 Å². The molecule has 0 amide bonds. The van der Waals surface area contributed by atoms with Crippen LogP contribution in [-0.4, -0.2) is 19.9 Å². The van der Waals surface area contributed by atoms with E-state index >= 15 is 0 Å². The number of hydrogen-bond acceptors (Lipinski definition) is 2. The van der Waals surface area contributed by atoms with Gasteiger partial charge in [-0.15, -0.1) is 0 Å². The molecule has 0 aromatic heterocycles. The highest BCUT2D eigenvalue weighted by Gasteiger charge is 2.32. The predicted molar refractivity (Wildman–Crippen MR) is 50.8 cm³/mol. The van der Waals surface area contributed by atoms with Gasteiger partial charge >= 0.3 is 0 Å². The molecule has 0 radical (unpaired) electrons. The second-order valence-electron chi connectivity index (χ2n) is 4.82. The van der Waals surface area contributed by atoms with Gasteiger partial charge in [0.05, 0.1) is 11.5 Å². The van der Waals surface area contributed by atoms with Crippen molar-refractivity contribution in [1.29, 1.82) is 0 Å². The fourth-order valence-electron chi connectivity index (χ4n) is 1.71. The first-order valence-electron chi connectivity index (χ1n) is 4.52. The van der Waals surface area contributed by atoms with Crippen LogP contribution in [0, 0.1) is 11.3 Å². The van der Waals surface area contributed by atoms with E-state index in [2.05, 4.69) is 20.8 Å². The van der Waals surface area contributed by atoms with Gasteiger partial charge in [0.25, 0.3) is 0 Å². The minimum atomic E-state index is -2.72. The largest absolute Gasteiger partial charge is 0.229 e. The van der Waals surface area contributed by atoms with E-state index in [1.807, 2.05) is 0 Å². The Morgan fingerprint density at radius 3 is 2.17 bits per heavy atom. The molecule has 1 atom stereocenters. The van der Waals surface area contributed by atoms with Gasteiger partial charge in [-0.25, -0.2) is 8.42 Å². The minimum Gasteiger partial charge on any atom is -0.229 e. The topological polar surface area (TPSA) is 34.1 Å². The summed E-state index contributed by atoms with van der Waals surface area (Å²) >= 11 is 0. The second kappa shape index (κ2) is 3.02. The molecule has 0 spiro atoms. The summed E-state index contributed by atoms with van der Waals surface area (Å²) in [7, 11) is -2.72. The lowest BCUT2D eigenvalue weighted by molar-refractivity contribution is 0.241. The maximum Gasteiger partial charge on any atom is 0.150 e. The van der Waals surface area contributed by atoms with Crippen molar-refractivity contribution >= 4 is 9.84 Å². The van der Waals surface area contributed by atoms with Crippen molar-refractivity contribution in [2.45, 2.75) is 33.6 Å². The molecule has 1 rings (SSSR count). The Kier molecular flexibility index (Phi) is 2.52. The highest BCUT2D eigenvalue weighted by atomic mass is 32.2. The SMILES string of the molecule is CC(C)(C)C1CCCS(=O)(=O)C1. The molecule has 0 aromatic carbocycles. The molecule has 0 aromatic rings. The third-order valence-electron chi connectivity index (χ3n) is 2.69. The molecule has 1 fully saturated rings. The summed E-state index contributed by atoms with van der Waals surface area (Å²) < 4.78 is 22.6. The van der Waals surface area contributed by atoms with Crippen LogP contribution in [0.2, 0.25) is 0 Å². The lowest BCUT2D eigenvalue weighted by atomic mass is 9.79. The average molecular weight is 190 g/mol. The second-order valence-corrected chi connectivity index (χ2v) is 7.05. The highest BCUT2D eigenvalue weighted by Crippen LogP contribution is 2.33. The first-order valence-corrected chi connectivity index (χ1v) is 6.34. The molecule has 1 aliphatic rings. The Morgan fingerprint density at radius 2 is 1.83 bits per heavy atom. The van der Waals surface area contributed by atoms with Crippen molar-refractivity contribution in [2.75, 3.05) is 11.5 Å². The molecule has 0 saturated carbocycles. The zero-order chi connectivity index (χ0) is 9.41. The molecule has 1 unspecified atom stereocenters. The van der Waals surface area contributed by atoms with Gasteiger partial charge in [-0.3, -0.25) is 0 Å². The van der Waals surface area contributed by atoms with Gasteiger partial charge in [0.2, 0.25) is 0 Å². The van der Waals surface area contributed by atoms with Gasteiger partial charge in [-0.1, -0.05) is 20.8 Å². The molecule has 2 nitrogen and oxygen atoms in total. The molecule has 0 N–H and O–H groups in total. The Hall–Kier alpha value is -0.0500. The summed E-state index contributed by atoms with van der Waals surface area (Å²) in [5.41, 5.74) is 0.146. The molecule has 12 heavy (non-hydrogen) atoms. The monoisotopic (exact) mass is 190 g/mol. The molecule has 0 aliphatic carbocycles. The number of rotatable bonds is 0. The van der Waals surface area contributed by atoms with E-state index < -0.39 is 9.84 Å². The van der Waals surface area contributed by atoms with Gasteiger partial charge in [-0.2, -0.15) is 0 Å². The zero-order valence-electron chi connectivity index (χ0n) is 8.13. The number of sulfone groups is 1. The maximum absolute atomic E-state index is 11.3. The molecule has 0 bridgehead atoms. The molecule has 1 aliphatic heterocycles. The van der Waals surface area contributed by atoms with Crippen LogP contribution in [0.4, 0.5) is 0 Å². The maximum atomic E-state index is 11.3. The standard InChI is InChI=1S/C9H18O2S/c1-9(2,3)8-5-4-6-12(10,11)7-8/h8H,4-7H2,1-3H3. The van der Waals surface area contributed by atoms with Crippen LogP contribution in [0.25, 0.3) is 0 Å². The third-order valence-corrected chi connectivity index (χ3v) is 4.51. The van der Waals surface area contributed by atoms with Crippen LogP contribution < -0.4 is 0 Å². The summed E-state index contributed by atoms with van der Waals surface area (Å²) in [4.78, 5) is 0. The van der Waals surface area contributed by atoms with Crippen molar-refractivity contribution in [2.24, 2.45) is 11.3 Å². The zero-order valence-corrected chi connectivity index (χ0v) is 8.95. The Morgan fingerprint density at radius 1 is 1.25 bits per heavy atom. The Balaban J connectivity index is 2.71. The van der Waals surface area contributed by atoms with Crippen LogP contribution in [0.15, 0.2) is 0 Å². The van der Waals surface area contributed by atoms with E-state index in [-0.39, 0.29) is 5.41 Å². The Bertz CT molecular complexity index is 246. The molecule has 3 heteroatoms. The van der Waals surface area contributed by atoms with Crippen LogP contribution in [0.1, 0.15) is 33.6 Å². The van der Waals surface area contributed by atoms with Crippen LogP contribution in [0.5, 0.6) is 0 Å². The Labute approximate surface area is 75.3 Å². The van der Waals surface area contributed by atoms with Gasteiger partial charge in [0.15, 0.2) is 9.84 Å². The fraction of sp³-hybridized carbons (Fsp3) is 1.00. The fourth-order valence-corrected chi connectivity index (χ4v) is 3.76. The quantitative estimate of drug-likeness (QED) is 0.584. The summed E-state index contributed by atoms with van der Waals surface area (Å²) in [6.45, 7) is 6.37. The van der Waals surface area contributed by atoms with E-state index in [1.54, 1.807) is 0 Å². The van der Waals surface area contributed by atoms with Gasteiger partial charge < -0.3 is 0 Å². The number of hydrogen-bond donors (Lipinski definition) is 0. The van der Waals surface area contributed by atoms with Gasteiger partial charge in [0, 0.05) is 0 Å². The highest BCUT2D eigenvalue weighted by molar-refractivity contribution is 7.91. The first kappa shape index (κ1) is 10.0. The van der Waals surface area contributed by atoms with E-state index in [9.17, 15) is 8.42 Å². The van der Waals surface area contributed by atoms with Crippen LogP contribution >= 0.6 is 0 Å². The normalized spacial score (nSPS) is 30.1. The molecular weight excluding hydrogens is 172 g/mol.